The Morgan fingerprint density at radius 3 is 3.00 bits per heavy atom. The number of nitrogens with one attached hydrogen (secondary N) is 2. The van der Waals surface area contributed by atoms with Gasteiger partial charge in [0, 0.05) is 5.56 Å². The number of nitrogens with zero attached hydrogens (tertiary/aromatic N) is 2. The topological polar surface area (TPSA) is 114 Å². The maximum Gasteiger partial charge on any atom is 0.338 e. The standard InChI is InChI=1S/C19H18N4O4S2/c1-2-27-17(26)10-6-7-13-14(8-10)29-19(21-13)22-15(24)9-28-18-20-12-5-3-4-11(12)16(25)23-18/h6-8H,2-5,9H2,1H3,(H,20,23,25)(H,21,22,24). The quantitative estimate of drug-likeness (QED) is 0.351. The van der Waals surface area contributed by atoms with E-state index in [2.05, 4.69) is 20.3 Å². The molecule has 150 valence electrons. The molecular weight excluding hydrogens is 412 g/mol. The van der Waals surface area contributed by atoms with Crippen molar-refractivity contribution >= 4 is 50.3 Å². The molecule has 0 atom stereocenters. The van der Waals surface area contributed by atoms with Crippen molar-refractivity contribution in [2.45, 2.75) is 31.3 Å². The zero-order valence-electron chi connectivity index (χ0n) is 15.6. The minimum atomic E-state index is -0.388. The first kappa shape index (κ1) is 19.6. The van der Waals surface area contributed by atoms with Crippen LogP contribution in [0.1, 0.15) is 35.0 Å². The van der Waals surface area contributed by atoms with Gasteiger partial charge in [-0.2, -0.15) is 0 Å². The average Bonchev–Trinajstić information content (AvgIpc) is 3.32. The molecule has 1 amide bonds. The lowest BCUT2D eigenvalue weighted by Crippen LogP contribution is -2.17. The van der Waals surface area contributed by atoms with Crippen LogP contribution >= 0.6 is 23.1 Å². The van der Waals surface area contributed by atoms with E-state index in [1.165, 1.54) is 23.1 Å². The third-order valence-electron chi connectivity index (χ3n) is 4.41. The molecule has 0 saturated heterocycles. The Bertz CT molecular complexity index is 1150. The number of benzene rings is 1. The number of aryl methyl sites for hydroxylation is 1. The lowest BCUT2D eigenvalue weighted by molar-refractivity contribution is -0.113. The Morgan fingerprint density at radius 2 is 2.17 bits per heavy atom. The van der Waals surface area contributed by atoms with Gasteiger partial charge in [0.05, 0.1) is 33.8 Å². The second-order valence-corrected chi connectivity index (χ2v) is 8.40. The molecule has 0 bridgehead atoms. The second kappa shape index (κ2) is 8.34. The Labute approximate surface area is 174 Å². The Balaban J connectivity index is 1.40. The fourth-order valence-corrected chi connectivity index (χ4v) is 4.70. The maximum atomic E-state index is 12.3. The Kier molecular flexibility index (Phi) is 5.63. The number of thiazole rings is 1. The van der Waals surface area contributed by atoms with E-state index in [0.717, 1.165) is 35.2 Å². The van der Waals surface area contributed by atoms with Crippen molar-refractivity contribution in [1.82, 2.24) is 15.0 Å². The summed E-state index contributed by atoms with van der Waals surface area (Å²) in [6.07, 6.45) is 2.51. The summed E-state index contributed by atoms with van der Waals surface area (Å²) in [4.78, 5) is 47.7. The summed E-state index contributed by atoms with van der Waals surface area (Å²) in [7, 11) is 0. The molecule has 0 radical (unpaired) electrons. The van der Waals surface area contributed by atoms with E-state index in [9.17, 15) is 14.4 Å². The maximum absolute atomic E-state index is 12.3. The largest absolute Gasteiger partial charge is 0.462 e. The van der Waals surface area contributed by atoms with Crippen molar-refractivity contribution in [3.05, 3.63) is 45.4 Å². The molecular formula is C19H18N4O4S2. The highest BCUT2D eigenvalue weighted by molar-refractivity contribution is 7.99. The first-order valence-electron chi connectivity index (χ1n) is 9.16. The molecule has 2 aromatic heterocycles. The number of anilines is 1. The normalized spacial score (nSPS) is 12.7. The average molecular weight is 431 g/mol. The van der Waals surface area contributed by atoms with Crippen molar-refractivity contribution in [3.8, 4) is 0 Å². The molecule has 0 aliphatic heterocycles. The van der Waals surface area contributed by atoms with Crippen LogP contribution in [0.4, 0.5) is 5.13 Å². The van der Waals surface area contributed by atoms with E-state index >= 15 is 0 Å². The predicted molar refractivity (Wildman–Crippen MR) is 112 cm³/mol. The van der Waals surface area contributed by atoms with E-state index < -0.39 is 0 Å². The van der Waals surface area contributed by atoms with Crippen LogP contribution in [0.2, 0.25) is 0 Å². The molecule has 0 spiro atoms. The number of carbonyl (C=O) groups is 2. The Hall–Kier alpha value is -2.72. The smallest absolute Gasteiger partial charge is 0.338 e. The predicted octanol–water partition coefficient (Wildman–Crippen LogP) is 2.78. The number of rotatable bonds is 6. The van der Waals surface area contributed by atoms with Crippen LogP contribution in [0.25, 0.3) is 10.2 Å². The summed E-state index contributed by atoms with van der Waals surface area (Å²) in [5, 5.41) is 3.65. The van der Waals surface area contributed by atoms with Crippen LogP contribution in [0.15, 0.2) is 28.2 Å². The van der Waals surface area contributed by atoms with Gasteiger partial charge in [-0.15, -0.1) is 0 Å². The van der Waals surface area contributed by atoms with E-state index in [0.29, 0.717) is 28.0 Å². The van der Waals surface area contributed by atoms with Gasteiger partial charge in [0.1, 0.15) is 0 Å². The summed E-state index contributed by atoms with van der Waals surface area (Å²) in [5.41, 5.74) is 2.62. The zero-order valence-corrected chi connectivity index (χ0v) is 17.2. The number of carbonyl (C=O) groups excluding carboxylic acids is 2. The van der Waals surface area contributed by atoms with Crippen LogP contribution in [0, 0.1) is 0 Å². The monoisotopic (exact) mass is 430 g/mol. The molecule has 10 heteroatoms. The molecule has 2 heterocycles. The summed E-state index contributed by atoms with van der Waals surface area (Å²) < 4.78 is 5.78. The number of H-pyrrole nitrogens is 1. The molecule has 1 aliphatic rings. The molecule has 0 unspecified atom stereocenters. The van der Waals surface area contributed by atoms with Crippen LogP contribution < -0.4 is 10.9 Å². The molecule has 29 heavy (non-hydrogen) atoms. The van der Waals surface area contributed by atoms with Gasteiger partial charge in [0.15, 0.2) is 10.3 Å². The number of aromatic amines is 1. The third-order valence-corrected chi connectivity index (χ3v) is 6.21. The van der Waals surface area contributed by atoms with E-state index in [4.69, 9.17) is 4.74 Å². The second-order valence-electron chi connectivity index (χ2n) is 6.41. The SMILES string of the molecule is CCOC(=O)c1ccc2nc(NC(=O)CSc3nc4c(c(=O)[nH]3)CCC4)sc2c1. The van der Waals surface area contributed by atoms with E-state index in [1.807, 2.05) is 0 Å². The number of aromatic nitrogens is 3. The van der Waals surface area contributed by atoms with Crippen molar-refractivity contribution in [3.63, 3.8) is 0 Å². The van der Waals surface area contributed by atoms with Gasteiger partial charge in [-0.05, 0) is 44.4 Å². The van der Waals surface area contributed by atoms with Crippen LogP contribution in [-0.2, 0) is 22.4 Å². The van der Waals surface area contributed by atoms with E-state index in [1.54, 1.807) is 25.1 Å². The van der Waals surface area contributed by atoms with Crippen molar-refractivity contribution in [2.75, 3.05) is 17.7 Å². The van der Waals surface area contributed by atoms with Gasteiger partial charge in [0.25, 0.3) is 5.56 Å². The van der Waals surface area contributed by atoms with Crippen LogP contribution in [-0.4, -0.2) is 39.2 Å². The van der Waals surface area contributed by atoms with E-state index in [-0.39, 0.29) is 23.2 Å². The van der Waals surface area contributed by atoms with Gasteiger partial charge in [0.2, 0.25) is 5.91 Å². The molecule has 3 aromatic rings. The van der Waals surface area contributed by atoms with Gasteiger partial charge in [-0.25, -0.2) is 14.8 Å². The minimum absolute atomic E-state index is 0.103. The number of ether oxygens (including phenoxy) is 1. The first-order valence-corrected chi connectivity index (χ1v) is 11.0. The highest BCUT2D eigenvalue weighted by Gasteiger charge is 2.18. The summed E-state index contributed by atoms with van der Waals surface area (Å²) >= 11 is 2.47. The molecule has 2 N–H and O–H groups in total. The van der Waals surface area contributed by atoms with Crippen molar-refractivity contribution in [2.24, 2.45) is 0 Å². The van der Waals surface area contributed by atoms with Gasteiger partial charge in [-0.3, -0.25) is 9.59 Å². The van der Waals surface area contributed by atoms with Gasteiger partial charge in [-0.1, -0.05) is 23.1 Å². The lowest BCUT2D eigenvalue weighted by atomic mass is 10.2. The number of hydrogen-bond acceptors (Lipinski definition) is 8. The molecule has 0 fully saturated rings. The third kappa shape index (κ3) is 4.33. The summed E-state index contributed by atoms with van der Waals surface area (Å²) in [6, 6.07) is 5.08. The first-order chi connectivity index (χ1) is 14.0. The zero-order chi connectivity index (χ0) is 20.4. The molecule has 0 saturated carbocycles. The number of fused-ring (bicyclic) bond motifs is 2. The molecule has 1 aliphatic carbocycles. The number of amides is 1. The molecule has 4 rings (SSSR count). The van der Waals surface area contributed by atoms with Gasteiger partial charge < -0.3 is 15.0 Å². The highest BCUT2D eigenvalue weighted by atomic mass is 32.2. The number of thioether (sulfide) groups is 1. The van der Waals surface area contributed by atoms with Crippen LogP contribution in [0.5, 0.6) is 0 Å². The minimum Gasteiger partial charge on any atom is -0.462 e. The van der Waals surface area contributed by atoms with Crippen LogP contribution in [0.3, 0.4) is 0 Å². The van der Waals surface area contributed by atoms with Crippen molar-refractivity contribution < 1.29 is 14.3 Å². The fraction of sp³-hybridized carbons (Fsp3) is 0.316. The summed E-state index contributed by atoms with van der Waals surface area (Å²) in [5.74, 6) is -0.533. The van der Waals surface area contributed by atoms with Crippen molar-refractivity contribution in [1.29, 1.82) is 0 Å². The number of esters is 1. The molecule has 1 aromatic carbocycles. The Morgan fingerprint density at radius 1 is 1.31 bits per heavy atom. The fourth-order valence-electron chi connectivity index (χ4n) is 3.10. The molecule has 8 nitrogen and oxygen atoms in total. The van der Waals surface area contributed by atoms with Gasteiger partial charge >= 0.3 is 5.97 Å². The lowest BCUT2D eigenvalue weighted by Gasteiger charge is -2.03. The summed E-state index contributed by atoms with van der Waals surface area (Å²) in [6.45, 7) is 2.06. The number of hydrogen-bond donors (Lipinski definition) is 2. The highest BCUT2D eigenvalue weighted by Crippen LogP contribution is 2.27.